The van der Waals surface area contributed by atoms with Crippen LogP contribution in [0.15, 0.2) is 30.3 Å². The summed E-state index contributed by atoms with van der Waals surface area (Å²) in [5, 5.41) is 0.959. The third-order valence-corrected chi connectivity index (χ3v) is 3.50. The second-order valence-corrected chi connectivity index (χ2v) is 4.29. The van der Waals surface area contributed by atoms with Crippen LogP contribution in [0, 0.1) is 5.92 Å². The first-order valence-electron chi connectivity index (χ1n) is 4.85. The zero-order valence-electron chi connectivity index (χ0n) is 8.11. The third-order valence-electron chi connectivity index (χ3n) is 2.75. The Balaban J connectivity index is 2.19. The first-order chi connectivity index (χ1) is 6.83. The third kappa shape index (κ3) is 1.85. The Bertz CT molecular complexity index is 291. The monoisotopic (exact) mass is 255 g/mol. The van der Waals surface area contributed by atoms with Gasteiger partial charge in [-0.15, -0.1) is 0 Å². The molecule has 1 N–H and O–H groups in total. The average molecular weight is 256 g/mol. The van der Waals surface area contributed by atoms with E-state index in [9.17, 15) is 0 Å². The van der Waals surface area contributed by atoms with Crippen molar-refractivity contribution in [1.82, 2.24) is 5.48 Å². The van der Waals surface area contributed by atoms with Crippen LogP contribution in [0.5, 0.6) is 0 Å². The molecule has 0 aliphatic carbocycles. The lowest BCUT2D eigenvalue weighted by Crippen LogP contribution is -2.20. The second-order valence-electron chi connectivity index (χ2n) is 3.65. The smallest absolute Gasteiger partial charge is 0.0817 e. The number of hydrogen-bond acceptors (Lipinski definition) is 2. The van der Waals surface area contributed by atoms with Crippen LogP contribution >= 0.6 is 15.9 Å². The van der Waals surface area contributed by atoms with Gasteiger partial charge in [0, 0.05) is 11.2 Å². The van der Waals surface area contributed by atoms with Crippen LogP contribution in [0.4, 0.5) is 0 Å². The lowest BCUT2D eigenvalue weighted by Gasteiger charge is -2.16. The zero-order chi connectivity index (χ0) is 9.97. The number of rotatable bonds is 2. The predicted molar refractivity (Wildman–Crippen MR) is 60.1 cm³/mol. The predicted octanol–water partition coefficient (Wildman–Crippen LogP) is 2.66. The highest BCUT2D eigenvalue weighted by Gasteiger charge is 2.34. The maximum atomic E-state index is 5.44. The molecule has 1 fully saturated rings. The highest BCUT2D eigenvalue weighted by atomic mass is 79.9. The van der Waals surface area contributed by atoms with Gasteiger partial charge >= 0.3 is 0 Å². The normalized spacial score (nSPS) is 32.0. The topological polar surface area (TPSA) is 21.3 Å². The molecule has 14 heavy (non-hydrogen) atoms. The van der Waals surface area contributed by atoms with Crippen LogP contribution in [-0.4, -0.2) is 11.4 Å². The van der Waals surface area contributed by atoms with Gasteiger partial charge in [-0.25, -0.2) is 0 Å². The first-order valence-corrected chi connectivity index (χ1v) is 5.97. The van der Waals surface area contributed by atoms with Gasteiger partial charge in [0.25, 0.3) is 0 Å². The summed E-state index contributed by atoms with van der Waals surface area (Å²) in [5.74, 6) is 0.498. The van der Waals surface area contributed by atoms with Crippen molar-refractivity contribution in [3.8, 4) is 0 Å². The average Bonchev–Trinajstić information content (AvgIpc) is 2.61. The van der Waals surface area contributed by atoms with E-state index in [0.717, 1.165) is 5.33 Å². The summed E-state index contributed by atoms with van der Waals surface area (Å²) in [4.78, 5) is 5.44. The van der Waals surface area contributed by atoms with Crippen LogP contribution in [0.2, 0.25) is 0 Å². The van der Waals surface area contributed by atoms with Crippen molar-refractivity contribution in [2.75, 3.05) is 5.33 Å². The van der Waals surface area contributed by atoms with Crippen molar-refractivity contribution in [1.29, 1.82) is 0 Å². The van der Waals surface area contributed by atoms with Crippen LogP contribution in [0.3, 0.4) is 0 Å². The maximum Gasteiger partial charge on any atom is 0.0817 e. The van der Waals surface area contributed by atoms with Crippen molar-refractivity contribution in [2.45, 2.75) is 19.1 Å². The van der Waals surface area contributed by atoms with E-state index in [2.05, 4.69) is 52.6 Å². The molecule has 0 radical (unpaired) electrons. The Labute approximate surface area is 92.7 Å². The molecule has 1 aliphatic heterocycles. The minimum absolute atomic E-state index is 0.264. The molecular weight excluding hydrogens is 242 g/mol. The lowest BCUT2D eigenvalue weighted by molar-refractivity contribution is 0.0311. The van der Waals surface area contributed by atoms with E-state index >= 15 is 0 Å². The van der Waals surface area contributed by atoms with Crippen molar-refractivity contribution in [3.63, 3.8) is 0 Å². The summed E-state index contributed by atoms with van der Waals surface area (Å²) in [7, 11) is 0. The molecule has 76 valence electrons. The largest absolute Gasteiger partial charge is 0.298 e. The zero-order valence-corrected chi connectivity index (χ0v) is 9.70. The van der Waals surface area contributed by atoms with Gasteiger partial charge in [-0.2, -0.15) is 5.48 Å². The number of benzene rings is 1. The first kappa shape index (κ1) is 10.1. The number of alkyl halides is 1. The maximum absolute atomic E-state index is 5.44. The van der Waals surface area contributed by atoms with E-state index in [1.165, 1.54) is 5.56 Å². The van der Waals surface area contributed by atoms with Crippen LogP contribution in [0.25, 0.3) is 0 Å². The summed E-state index contributed by atoms with van der Waals surface area (Å²) in [6, 6.07) is 10.7. The Kier molecular flexibility index (Phi) is 3.21. The summed E-state index contributed by atoms with van der Waals surface area (Å²) in [6.45, 7) is 2.10. The summed E-state index contributed by atoms with van der Waals surface area (Å²) < 4.78 is 0. The number of nitrogens with one attached hydrogen (secondary N) is 1. The molecular formula is C11H14BrNO. The van der Waals surface area contributed by atoms with Gasteiger partial charge in [-0.1, -0.05) is 46.3 Å². The van der Waals surface area contributed by atoms with Gasteiger partial charge in [0.2, 0.25) is 0 Å². The highest BCUT2D eigenvalue weighted by molar-refractivity contribution is 9.09. The second kappa shape index (κ2) is 4.43. The molecule has 1 aromatic carbocycles. The van der Waals surface area contributed by atoms with E-state index in [-0.39, 0.29) is 6.10 Å². The van der Waals surface area contributed by atoms with Gasteiger partial charge in [0.05, 0.1) is 12.1 Å². The fraction of sp³-hybridized carbons (Fsp3) is 0.455. The van der Waals surface area contributed by atoms with Gasteiger partial charge in [0.1, 0.15) is 0 Å². The van der Waals surface area contributed by atoms with Gasteiger partial charge in [0.15, 0.2) is 0 Å². The molecule has 2 rings (SSSR count). The molecule has 1 heterocycles. The summed E-state index contributed by atoms with van der Waals surface area (Å²) in [5.41, 5.74) is 4.39. The highest BCUT2D eigenvalue weighted by Crippen LogP contribution is 2.32. The van der Waals surface area contributed by atoms with Gasteiger partial charge in [-0.3, -0.25) is 4.84 Å². The van der Waals surface area contributed by atoms with Crippen molar-refractivity contribution < 1.29 is 4.84 Å². The molecule has 3 atom stereocenters. The molecule has 3 unspecified atom stereocenters. The SMILES string of the molecule is CC1ONC(c2ccccc2)C1CBr. The van der Waals surface area contributed by atoms with E-state index in [1.807, 2.05) is 6.07 Å². The molecule has 1 saturated heterocycles. The fourth-order valence-electron chi connectivity index (χ4n) is 1.82. The van der Waals surface area contributed by atoms with Gasteiger partial charge < -0.3 is 0 Å². The van der Waals surface area contributed by atoms with E-state index < -0.39 is 0 Å². The molecule has 0 aromatic heterocycles. The number of halogens is 1. The fourth-order valence-corrected chi connectivity index (χ4v) is 2.72. The van der Waals surface area contributed by atoms with Crippen molar-refractivity contribution in [3.05, 3.63) is 35.9 Å². The molecule has 1 aliphatic rings. The van der Waals surface area contributed by atoms with Gasteiger partial charge in [-0.05, 0) is 12.5 Å². The number of hydrogen-bond donors (Lipinski definition) is 1. The van der Waals surface area contributed by atoms with Crippen LogP contribution in [0.1, 0.15) is 18.5 Å². The minimum atomic E-state index is 0.264. The van der Waals surface area contributed by atoms with Crippen LogP contribution in [-0.2, 0) is 4.84 Å². The van der Waals surface area contributed by atoms with Crippen molar-refractivity contribution >= 4 is 15.9 Å². The molecule has 0 saturated carbocycles. The van der Waals surface area contributed by atoms with Crippen molar-refractivity contribution in [2.24, 2.45) is 5.92 Å². The van der Waals surface area contributed by atoms with E-state index in [1.54, 1.807) is 0 Å². The molecule has 1 aromatic rings. The molecule has 0 amide bonds. The Morgan fingerprint density at radius 3 is 2.71 bits per heavy atom. The molecule has 2 nitrogen and oxygen atoms in total. The molecule has 0 spiro atoms. The molecule has 3 heteroatoms. The summed E-state index contributed by atoms with van der Waals surface area (Å²) >= 11 is 3.53. The Hall–Kier alpha value is -0.380. The summed E-state index contributed by atoms with van der Waals surface area (Å²) in [6.07, 6.45) is 0.264. The van der Waals surface area contributed by atoms with Crippen LogP contribution < -0.4 is 5.48 Å². The van der Waals surface area contributed by atoms with E-state index in [0.29, 0.717) is 12.0 Å². The number of hydroxylamine groups is 1. The standard InChI is InChI=1S/C11H14BrNO/c1-8-10(7-12)11(13-14-8)9-5-3-2-4-6-9/h2-6,8,10-11,13H,7H2,1H3. The lowest BCUT2D eigenvalue weighted by atomic mass is 9.93. The minimum Gasteiger partial charge on any atom is -0.298 e. The molecule has 0 bridgehead atoms. The Morgan fingerprint density at radius 2 is 2.07 bits per heavy atom. The van der Waals surface area contributed by atoms with E-state index in [4.69, 9.17) is 4.84 Å². The Morgan fingerprint density at radius 1 is 1.36 bits per heavy atom. The quantitative estimate of drug-likeness (QED) is 0.821.